The number of carbonyl (C=O) groups excluding carboxylic acids is 1. The smallest absolute Gasteiger partial charge is 0.253 e. The molecule has 1 heterocycles. The van der Waals surface area contributed by atoms with Crippen molar-refractivity contribution < 1.29 is 9.36 Å². The number of hydrogen-bond acceptors (Lipinski definition) is 2. The minimum Gasteiger partial charge on any atom is -0.369 e. The Morgan fingerprint density at radius 3 is 2.17 bits per heavy atom. The molecule has 1 aromatic heterocycles. The number of primary amides is 1. The highest BCUT2D eigenvalue weighted by Gasteiger charge is 2.51. The van der Waals surface area contributed by atoms with E-state index in [2.05, 4.69) is 34.5 Å². The average molecular weight is 476 g/mol. The second kappa shape index (κ2) is 9.83. The van der Waals surface area contributed by atoms with E-state index in [1.54, 1.807) is 0 Å². The SMILES string of the molecule is Cc1n([C@H]2CC[C@@H](C(C(N)=O)(c3ccccc3)c3ccccc3)C2)cc[n+]1Cc1ccc(C#N)cc1. The van der Waals surface area contributed by atoms with Crippen LogP contribution in [0.2, 0.25) is 0 Å². The highest BCUT2D eigenvalue weighted by atomic mass is 16.1. The van der Waals surface area contributed by atoms with E-state index in [9.17, 15) is 4.79 Å². The Hall–Kier alpha value is -4.17. The van der Waals surface area contributed by atoms with E-state index in [0.717, 1.165) is 42.5 Å². The van der Waals surface area contributed by atoms with Crippen LogP contribution in [0.15, 0.2) is 97.3 Å². The third kappa shape index (κ3) is 4.09. The predicted octanol–water partition coefficient (Wildman–Crippen LogP) is 4.82. The monoisotopic (exact) mass is 475 g/mol. The molecule has 1 saturated carbocycles. The van der Waals surface area contributed by atoms with Crippen molar-refractivity contribution in [1.29, 1.82) is 5.26 Å². The summed E-state index contributed by atoms with van der Waals surface area (Å²) in [6, 6.07) is 30.3. The molecule has 0 spiro atoms. The van der Waals surface area contributed by atoms with Crippen LogP contribution in [0.1, 0.15) is 53.4 Å². The molecule has 0 aliphatic heterocycles. The zero-order valence-corrected chi connectivity index (χ0v) is 20.5. The number of aromatic nitrogens is 2. The first-order chi connectivity index (χ1) is 17.5. The van der Waals surface area contributed by atoms with Crippen molar-refractivity contribution in [2.24, 2.45) is 11.7 Å². The standard InChI is InChI=1S/C31H30N4O/c1-23-34(22-25-14-12-24(21-32)13-15-25)18-19-35(23)29-17-16-28(20-29)31(30(33)36,26-8-4-2-5-9-26)27-10-6-3-7-11-27/h2-15,18-19,28-29H,16-17,20,22H2,1H3,(H-,33,36)/p+1/t28-,29+/m1/s1. The summed E-state index contributed by atoms with van der Waals surface area (Å²) >= 11 is 0. The fraction of sp³-hybridized carbons (Fsp3) is 0.258. The minimum atomic E-state index is -0.864. The van der Waals surface area contributed by atoms with Gasteiger partial charge in [-0.05, 0) is 54.0 Å². The first-order valence-corrected chi connectivity index (χ1v) is 12.5. The summed E-state index contributed by atoms with van der Waals surface area (Å²) in [6.07, 6.45) is 7.06. The summed E-state index contributed by atoms with van der Waals surface area (Å²) in [5.41, 5.74) is 9.17. The van der Waals surface area contributed by atoms with E-state index in [4.69, 9.17) is 11.0 Å². The number of rotatable bonds is 7. The fourth-order valence-electron chi connectivity index (χ4n) is 6.08. The molecule has 1 amide bonds. The third-order valence-corrected chi connectivity index (χ3v) is 7.89. The molecule has 0 saturated heterocycles. The second-order valence-electron chi connectivity index (χ2n) is 9.76. The summed E-state index contributed by atoms with van der Waals surface area (Å²) in [4.78, 5) is 13.4. The number of imidazole rings is 1. The van der Waals surface area contributed by atoms with Crippen molar-refractivity contribution in [3.05, 3.63) is 125 Å². The quantitative estimate of drug-likeness (QED) is 0.389. The topological polar surface area (TPSA) is 75.7 Å². The highest BCUT2D eigenvalue weighted by molar-refractivity contribution is 5.91. The van der Waals surface area contributed by atoms with Crippen LogP contribution in [-0.4, -0.2) is 10.5 Å². The van der Waals surface area contributed by atoms with Gasteiger partial charge in [-0.15, -0.1) is 0 Å². The van der Waals surface area contributed by atoms with Crippen LogP contribution in [0.3, 0.4) is 0 Å². The summed E-state index contributed by atoms with van der Waals surface area (Å²) in [6.45, 7) is 2.90. The van der Waals surface area contributed by atoms with Gasteiger partial charge in [-0.1, -0.05) is 72.8 Å². The largest absolute Gasteiger partial charge is 0.369 e. The number of nitrogens with two attached hydrogens (primary N) is 1. The summed E-state index contributed by atoms with van der Waals surface area (Å²) in [7, 11) is 0. The van der Waals surface area contributed by atoms with E-state index >= 15 is 0 Å². The van der Waals surface area contributed by atoms with Crippen LogP contribution in [0.5, 0.6) is 0 Å². The Morgan fingerprint density at radius 1 is 1.00 bits per heavy atom. The van der Waals surface area contributed by atoms with Gasteiger partial charge >= 0.3 is 0 Å². The van der Waals surface area contributed by atoms with Crippen molar-refractivity contribution in [2.75, 3.05) is 0 Å². The number of hydrogen-bond donors (Lipinski definition) is 1. The van der Waals surface area contributed by atoms with E-state index in [1.807, 2.05) is 84.9 Å². The van der Waals surface area contributed by atoms with Crippen LogP contribution in [0, 0.1) is 24.2 Å². The molecule has 1 aliphatic carbocycles. The molecule has 3 aromatic carbocycles. The molecule has 0 radical (unpaired) electrons. The maximum Gasteiger partial charge on any atom is 0.253 e. The van der Waals surface area contributed by atoms with Crippen LogP contribution in [0.25, 0.3) is 0 Å². The van der Waals surface area contributed by atoms with Crippen molar-refractivity contribution in [1.82, 2.24) is 4.57 Å². The molecule has 5 rings (SSSR count). The molecule has 0 bridgehead atoms. The van der Waals surface area contributed by atoms with E-state index in [0.29, 0.717) is 11.6 Å². The zero-order valence-electron chi connectivity index (χ0n) is 20.5. The first-order valence-electron chi connectivity index (χ1n) is 12.5. The van der Waals surface area contributed by atoms with Gasteiger partial charge in [-0.3, -0.25) is 4.79 Å². The molecule has 2 atom stereocenters. The van der Waals surface area contributed by atoms with Gasteiger partial charge in [0.25, 0.3) is 5.82 Å². The normalized spacial score (nSPS) is 17.6. The highest BCUT2D eigenvalue weighted by Crippen LogP contribution is 2.49. The van der Waals surface area contributed by atoms with Crippen LogP contribution in [0.4, 0.5) is 0 Å². The van der Waals surface area contributed by atoms with E-state index in [1.165, 1.54) is 5.82 Å². The van der Waals surface area contributed by atoms with Crippen LogP contribution < -0.4 is 10.3 Å². The van der Waals surface area contributed by atoms with Gasteiger partial charge in [0.1, 0.15) is 30.4 Å². The maximum atomic E-state index is 13.4. The minimum absolute atomic E-state index is 0.0959. The van der Waals surface area contributed by atoms with Gasteiger partial charge in [-0.2, -0.15) is 5.26 Å². The fourth-order valence-corrected chi connectivity index (χ4v) is 6.08. The van der Waals surface area contributed by atoms with Crippen molar-refractivity contribution in [3.8, 4) is 6.07 Å². The van der Waals surface area contributed by atoms with Gasteiger partial charge in [0.2, 0.25) is 5.91 Å². The van der Waals surface area contributed by atoms with Crippen LogP contribution in [-0.2, 0) is 16.8 Å². The summed E-state index contributed by atoms with van der Waals surface area (Å²) < 4.78 is 4.59. The molecule has 2 N–H and O–H groups in total. The Bertz CT molecular complexity index is 1340. The lowest BCUT2D eigenvalue weighted by molar-refractivity contribution is -0.694. The second-order valence-corrected chi connectivity index (χ2v) is 9.76. The number of benzene rings is 3. The molecule has 180 valence electrons. The van der Waals surface area contributed by atoms with Gasteiger partial charge in [0, 0.05) is 6.92 Å². The number of nitriles is 1. The molecule has 1 fully saturated rings. The Kier molecular flexibility index (Phi) is 6.43. The predicted molar refractivity (Wildman–Crippen MR) is 139 cm³/mol. The van der Waals surface area contributed by atoms with E-state index in [-0.39, 0.29) is 11.8 Å². The van der Waals surface area contributed by atoms with Gasteiger partial charge < -0.3 is 5.73 Å². The van der Waals surface area contributed by atoms with Crippen molar-refractivity contribution >= 4 is 5.91 Å². The molecule has 0 unspecified atom stereocenters. The molecular formula is C31H31N4O+. The zero-order chi connectivity index (χ0) is 25.1. The van der Waals surface area contributed by atoms with Crippen LogP contribution >= 0.6 is 0 Å². The summed E-state index contributed by atoms with van der Waals surface area (Å²) in [5, 5.41) is 9.06. The number of nitrogens with zero attached hydrogens (tertiary/aromatic N) is 3. The molecule has 36 heavy (non-hydrogen) atoms. The lowest BCUT2D eigenvalue weighted by atomic mass is 9.64. The third-order valence-electron chi connectivity index (χ3n) is 7.89. The van der Waals surface area contributed by atoms with Gasteiger partial charge in [0.15, 0.2) is 0 Å². The average Bonchev–Trinajstić information content (AvgIpc) is 3.53. The first kappa shape index (κ1) is 23.6. The Labute approximate surface area is 212 Å². The molecule has 4 aromatic rings. The number of carbonyl (C=O) groups is 1. The maximum absolute atomic E-state index is 13.4. The van der Waals surface area contributed by atoms with Gasteiger partial charge in [0.05, 0.1) is 11.6 Å². The molecule has 5 heteroatoms. The van der Waals surface area contributed by atoms with Gasteiger partial charge in [-0.25, -0.2) is 9.13 Å². The molecule has 1 aliphatic rings. The lowest BCUT2D eigenvalue weighted by Gasteiger charge is -2.37. The summed E-state index contributed by atoms with van der Waals surface area (Å²) in [5.74, 6) is 0.985. The lowest BCUT2D eigenvalue weighted by Crippen LogP contribution is -2.47. The van der Waals surface area contributed by atoms with Crippen molar-refractivity contribution in [2.45, 2.75) is 44.2 Å². The number of amides is 1. The molecular weight excluding hydrogens is 444 g/mol. The van der Waals surface area contributed by atoms with Crippen molar-refractivity contribution in [3.63, 3.8) is 0 Å². The Morgan fingerprint density at radius 2 is 1.61 bits per heavy atom. The molecule has 5 nitrogen and oxygen atoms in total. The van der Waals surface area contributed by atoms with E-state index < -0.39 is 5.41 Å². The Balaban J connectivity index is 1.45.